The van der Waals surface area contributed by atoms with Gasteiger partial charge < -0.3 is 14.2 Å². The maximum atomic E-state index is 12.7. The molecule has 4 rings (SSSR count). The van der Waals surface area contributed by atoms with Gasteiger partial charge in [0, 0.05) is 7.05 Å². The van der Waals surface area contributed by atoms with Crippen LogP contribution in [0.25, 0.3) is 11.0 Å². The first kappa shape index (κ1) is 18.7. The molecule has 0 aliphatic heterocycles. The van der Waals surface area contributed by atoms with Gasteiger partial charge in [-0.1, -0.05) is 30.3 Å². The first-order valence-electron chi connectivity index (χ1n) is 9.51. The van der Waals surface area contributed by atoms with Crippen molar-refractivity contribution < 1.29 is 9.53 Å². The molecule has 0 atom stereocenters. The fraction of sp³-hybridized carbons (Fsp3) is 0.227. The van der Waals surface area contributed by atoms with E-state index in [9.17, 15) is 4.79 Å². The second kappa shape index (κ2) is 8.18. The van der Waals surface area contributed by atoms with E-state index in [-0.39, 0.29) is 5.91 Å². The van der Waals surface area contributed by atoms with Gasteiger partial charge in [0.15, 0.2) is 0 Å². The molecule has 0 fully saturated rings. The molecule has 148 valence electrons. The van der Waals surface area contributed by atoms with Crippen LogP contribution in [0.5, 0.6) is 5.75 Å². The van der Waals surface area contributed by atoms with Crippen molar-refractivity contribution in [1.82, 2.24) is 24.6 Å². The SMILES string of the molecule is Cc1nc2ccccc2n1Cc1cc(C(=O)N(C)CCOc2ccccc2)n[nH]1. The smallest absolute Gasteiger partial charge is 0.274 e. The van der Waals surface area contributed by atoms with E-state index in [0.29, 0.717) is 25.4 Å². The number of benzene rings is 2. The summed E-state index contributed by atoms with van der Waals surface area (Å²) in [4.78, 5) is 18.8. The molecule has 29 heavy (non-hydrogen) atoms. The zero-order valence-corrected chi connectivity index (χ0v) is 16.5. The van der Waals surface area contributed by atoms with Crippen LogP contribution in [0.15, 0.2) is 60.7 Å². The highest BCUT2D eigenvalue weighted by Gasteiger charge is 2.16. The van der Waals surface area contributed by atoms with Crippen molar-refractivity contribution in [2.45, 2.75) is 13.5 Å². The van der Waals surface area contributed by atoms with Gasteiger partial charge in [0.25, 0.3) is 5.91 Å². The Kier molecular flexibility index (Phi) is 5.29. The average Bonchev–Trinajstić information content (AvgIpc) is 3.33. The molecule has 0 spiro atoms. The number of aromatic amines is 1. The zero-order chi connectivity index (χ0) is 20.2. The number of amides is 1. The molecule has 2 aromatic carbocycles. The number of H-pyrrole nitrogens is 1. The lowest BCUT2D eigenvalue weighted by Crippen LogP contribution is -2.31. The van der Waals surface area contributed by atoms with Crippen LogP contribution in [0.1, 0.15) is 22.0 Å². The number of hydrogen-bond acceptors (Lipinski definition) is 4. The fourth-order valence-corrected chi connectivity index (χ4v) is 3.23. The number of para-hydroxylation sites is 3. The van der Waals surface area contributed by atoms with E-state index >= 15 is 0 Å². The third kappa shape index (κ3) is 4.13. The van der Waals surface area contributed by atoms with Crippen LogP contribution in [0.2, 0.25) is 0 Å². The third-order valence-electron chi connectivity index (χ3n) is 4.81. The number of carbonyl (C=O) groups excluding carboxylic acids is 1. The molecule has 1 N–H and O–H groups in total. The molecule has 0 bridgehead atoms. The van der Waals surface area contributed by atoms with E-state index in [1.54, 1.807) is 18.0 Å². The summed E-state index contributed by atoms with van der Waals surface area (Å²) in [5, 5.41) is 7.18. The highest BCUT2D eigenvalue weighted by atomic mass is 16.5. The molecule has 1 amide bonds. The number of rotatable bonds is 7. The Morgan fingerprint density at radius 2 is 1.90 bits per heavy atom. The van der Waals surface area contributed by atoms with Crippen LogP contribution in [-0.4, -0.2) is 50.8 Å². The van der Waals surface area contributed by atoms with Crippen molar-refractivity contribution >= 4 is 16.9 Å². The zero-order valence-electron chi connectivity index (χ0n) is 16.5. The molecule has 7 nitrogen and oxygen atoms in total. The summed E-state index contributed by atoms with van der Waals surface area (Å²) in [7, 11) is 1.75. The van der Waals surface area contributed by atoms with E-state index in [4.69, 9.17) is 4.74 Å². The van der Waals surface area contributed by atoms with Crippen LogP contribution in [0.3, 0.4) is 0 Å². The highest BCUT2D eigenvalue weighted by molar-refractivity contribution is 5.92. The van der Waals surface area contributed by atoms with E-state index in [2.05, 4.69) is 19.7 Å². The predicted molar refractivity (Wildman–Crippen MR) is 111 cm³/mol. The maximum absolute atomic E-state index is 12.7. The average molecular weight is 389 g/mol. The maximum Gasteiger partial charge on any atom is 0.274 e. The van der Waals surface area contributed by atoms with Gasteiger partial charge >= 0.3 is 0 Å². The fourth-order valence-electron chi connectivity index (χ4n) is 3.23. The molecule has 0 unspecified atom stereocenters. The standard InChI is InChI=1S/C22H23N5O2/c1-16-23-19-10-6-7-11-21(19)27(16)15-17-14-20(25-24-17)22(28)26(2)12-13-29-18-8-4-3-5-9-18/h3-11,14H,12-13,15H2,1-2H3,(H,24,25). The number of imidazole rings is 1. The molecule has 2 aromatic heterocycles. The lowest BCUT2D eigenvalue weighted by molar-refractivity contribution is 0.0768. The molecular weight excluding hydrogens is 366 g/mol. The molecule has 0 saturated heterocycles. The summed E-state index contributed by atoms with van der Waals surface area (Å²) >= 11 is 0. The van der Waals surface area contributed by atoms with E-state index < -0.39 is 0 Å². The number of nitrogens with zero attached hydrogens (tertiary/aromatic N) is 4. The molecular formula is C22H23N5O2. The lowest BCUT2D eigenvalue weighted by Gasteiger charge is -2.16. The van der Waals surface area contributed by atoms with Crippen molar-refractivity contribution in [2.24, 2.45) is 0 Å². The monoisotopic (exact) mass is 389 g/mol. The number of nitrogens with one attached hydrogen (secondary N) is 1. The van der Waals surface area contributed by atoms with Gasteiger partial charge in [0.2, 0.25) is 0 Å². The Morgan fingerprint density at radius 1 is 1.14 bits per heavy atom. The topological polar surface area (TPSA) is 76.0 Å². The Morgan fingerprint density at radius 3 is 2.72 bits per heavy atom. The number of fused-ring (bicyclic) bond motifs is 1. The van der Waals surface area contributed by atoms with Crippen LogP contribution in [-0.2, 0) is 6.54 Å². The van der Waals surface area contributed by atoms with Gasteiger partial charge in [0.1, 0.15) is 23.9 Å². The van der Waals surface area contributed by atoms with Crippen LogP contribution >= 0.6 is 0 Å². The second-order valence-electron chi connectivity index (χ2n) is 6.90. The largest absolute Gasteiger partial charge is 0.492 e. The summed E-state index contributed by atoms with van der Waals surface area (Å²) in [6.07, 6.45) is 0. The molecule has 4 aromatic rings. The Labute approximate surface area is 168 Å². The van der Waals surface area contributed by atoms with Gasteiger partial charge in [-0.05, 0) is 37.3 Å². The molecule has 0 radical (unpaired) electrons. The van der Waals surface area contributed by atoms with Crippen molar-refractivity contribution in [3.63, 3.8) is 0 Å². The van der Waals surface area contributed by atoms with E-state index in [1.165, 1.54) is 0 Å². The second-order valence-corrected chi connectivity index (χ2v) is 6.90. The summed E-state index contributed by atoms with van der Waals surface area (Å²) < 4.78 is 7.77. The number of likely N-dealkylation sites (N-methyl/N-ethyl adjacent to an activating group) is 1. The summed E-state index contributed by atoms with van der Waals surface area (Å²) in [6, 6.07) is 19.4. The van der Waals surface area contributed by atoms with E-state index in [1.807, 2.05) is 61.5 Å². The number of aromatic nitrogens is 4. The molecule has 2 heterocycles. The lowest BCUT2D eigenvalue weighted by atomic mass is 10.3. The Hall–Kier alpha value is -3.61. The highest BCUT2D eigenvalue weighted by Crippen LogP contribution is 2.17. The first-order chi connectivity index (χ1) is 14.1. The van der Waals surface area contributed by atoms with Crippen molar-refractivity contribution in [3.05, 3.63) is 77.9 Å². The third-order valence-corrected chi connectivity index (χ3v) is 4.81. The molecule has 0 aliphatic rings. The van der Waals surface area contributed by atoms with Crippen LogP contribution in [0.4, 0.5) is 0 Å². The Bertz CT molecular complexity index is 1120. The van der Waals surface area contributed by atoms with Gasteiger partial charge in [-0.25, -0.2) is 4.98 Å². The van der Waals surface area contributed by atoms with Gasteiger partial charge in [-0.2, -0.15) is 5.10 Å². The van der Waals surface area contributed by atoms with Crippen molar-refractivity contribution in [1.29, 1.82) is 0 Å². The number of ether oxygens (including phenoxy) is 1. The minimum Gasteiger partial charge on any atom is -0.492 e. The van der Waals surface area contributed by atoms with Crippen LogP contribution in [0, 0.1) is 6.92 Å². The van der Waals surface area contributed by atoms with Gasteiger partial charge in [0.05, 0.1) is 29.8 Å². The summed E-state index contributed by atoms with van der Waals surface area (Å²) in [5.74, 6) is 1.57. The molecule has 7 heteroatoms. The first-order valence-corrected chi connectivity index (χ1v) is 9.51. The number of carbonyl (C=O) groups is 1. The number of aryl methyl sites for hydroxylation is 1. The van der Waals surface area contributed by atoms with Gasteiger partial charge in [-0.15, -0.1) is 0 Å². The minimum atomic E-state index is -0.142. The number of hydrogen-bond donors (Lipinski definition) is 1. The van der Waals surface area contributed by atoms with Crippen molar-refractivity contribution in [3.8, 4) is 5.75 Å². The summed E-state index contributed by atoms with van der Waals surface area (Å²) in [5.41, 5.74) is 3.26. The predicted octanol–water partition coefficient (Wildman–Crippen LogP) is 3.27. The van der Waals surface area contributed by atoms with Crippen molar-refractivity contribution in [2.75, 3.05) is 20.2 Å². The Balaban J connectivity index is 1.39. The van der Waals surface area contributed by atoms with E-state index in [0.717, 1.165) is 28.3 Å². The quantitative estimate of drug-likeness (QED) is 0.526. The summed E-state index contributed by atoms with van der Waals surface area (Å²) in [6.45, 7) is 3.45. The van der Waals surface area contributed by atoms with Gasteiger partial charge in [-0.3, -0.25) is 9.89 Å². The minimum absolute atomic E-state index is 0.142. The molecule has 0 saturated carbocycles. The van der Waals surface area contributed by atoms with Crippen LogP contribution < -0.4 is 4.74 Å². The molecule has 0 aliphatic carbocycles. The normalized spacial score (nSPS) is 11.0.